The lowest BCUT2D eigenvalue weighted by Crippen LogP contribution is -2.44. The van der Waals surface area contributed by atoms with Gasteiger partial charge in [0.1, 0.15) is 11.6 Å². The maximum absolute atomic E-state index is 12.1. The van der Waals surface area contributed by atoms with Crippen LogP contribution in [0.3, 0.4) is 0 Å². The highest BCUT2D eigenvalue weighted by atomic mass is 16.6. The molecule has 0 aromatic rings. The van der Waals surface area contributed by atoms with Crippen LogP contribution in [0.1, 0.15) is 27.2 Å². The van der Waals surface area contributed by atoms with E-state index in [-0.39, 0.29) is 6.10 Å². The van der Waals surface area contributed by atoms with Gasteiger partial charge < -0.3 is 14.2 Å². The molecular weight excluding hydrogens is 262 g/mol. The molecule has 1 amide bonds. The molecule has 1 heterocycles. The molecule has 1 aliphatic rings. The van der Waals surface area contributed by atoms with E-state index in [1.807, 2.05) is 0 Å². The van der Waals surface area contributed by atoms with Crippen LogP contribution in [0.4, 0.5) is 4.79 Å². The molecule has 0 aromatic carbocycles. The molecule has 0 bridgehead atoms. The average molecular weight is 285 g/mol. The molecule has 1 rings (SSSR count). The monoisotopic (exact) mass is 285 g/mol. The quantitative estimate of drug-likeness (QED) is 0.581. The van der Waals surface area contributed by atoms with E-state index in [4.69, 9.17) is 14.2 Å². The van der Waals surface area contributed by atoms with Crippen molar-refractivity contribution in [1.29, 1.82) is 0 Å². The molecule has 6 heteroatoms. The zero-order valence-corrected chi connectivity index (χ0v) is 12.5. The average Bonchev–Trinajstić information content (AvgIpc) is 2.77. The summed E-state index contributed by atoms with van der Waals surface area (Å²) in [6.45, 7) is 9.59. The minimum absolute atomic E-state index is 0.218. The molecule has 1 fully saturated rings. The minimum atomic E-state index is -0.662. The lowest BCUT2D eigenvalue weighted by atomic mass is 10.2. The van der Waals surface area contributed by atoms with Crippen LogP contribution in [0.25, 0.3) is 0 Å². The predicted octanol–water partition coefficient (Wildman–Crippen LogP) is 1.74. The highest BCUT2D eigenvalue weighted by Crippen LogP contribution is 2.24. The number of ether oxygens (including phenoxy) is 3. The van der Waals surface area contributed by atoms with Gasteiger partial charge >= 0.3 is 12.1 Å². The van der Waals surface area contributed by atoms with Crippen molar-refractivity contribution in [2.24, 2.45) is 0 Å². The van der Waals surface area contributed by atoms with Gasteiger partial charge in [0.2, 0.25) is 0 Å². The van der Waals surface area contributed by atoms with E-state index < -0.39 is 23.7 Å². The van der Waals surface area contributed by atoms with E-state index >= 15 is 0 Å². The fourth-order valence-corrected chi connectivity index (χ4v) is 2.00. The Morgan fingerprint density at radius 2 is 2.05 bits per heavy atom. The van der Waals surface area contributed by atoms with Gasteiger partial charge in [0.15, 0.2) is 0 Å². The molecule has 0 aliphatic carbocycles. The van der Waals surface area contributed by atoms with Gasteiger partial charge in [0, 0.05) is 6.42 Å². The van der Waals surface area contributed by atoms with Gasteiger partial charge in [0.05, 0.1) is 26.4 Å². The van der Waals surface area contributed by atoms with Crippen molar-refractivity contribution < 1.29 is 23.8 Å². The van der Waals surface area contributed by atoms with E-state index in [9.17, 15) is 9.59 Å². The highest BCUT2D eigenvalue weighted by Gasteiger charge is 2.42. The van der Waals surface area contributed by atoms with Crippen molar-refractivity contribution in [2.45, 2.75) is 44.9 Å². The number of rotatable bonds is 4. The van der Waals surface area contributed by atoms with E-state index in [2.05, 4.69) is 6.58 Å². The normalized spacial score (nSPS) is 22.5. The van der Waals surface area contributed by atoms with Gasteiger partial charge in [-0.3, -0.25) is 4.90 Å². The lowest BCUT2D eigenvalue weighted by molar-refractivity contribution is -0.145. The SMILES string of the molecule is C=CCOC1CC(C(=O)OC)N(C(=O)OC(C)(C)C)C1. The van der Waals surface area contributed by atoms with Crippen LogP contribution in [-0.4, -0.2) is 55.0 Å². The van der Waals surface area contributed by atoms with Gasteiger partial charge in [-0.2, -0.15) is 0 Å². The van der Waals surface area contributed by atoms with Crippen molar-refractivity contribution in [3.8, 4) is 0 Å². The Bertz CT molecular complexity index is 374. The summed E-state index contributed by atoms with van der Waals surface area (Å²) in [5, 5.41) is 0. The first kappa shape index (κ1) is 16.5. The standard InChI is InChI=1S/C14H23NO5/c1-6-7-19-10-8-11(12(16)18-5)15(9-10)13(17)20-14(2,3)4/h6,10-11H,1,7-9H2,2-5H3. The number of amides is 1. The van der Waals surface area contributed by atoms with Crippen LogP contribution in [0.15, 0.2) is 12.7 Å². The molecule has 0 saturated carbocycles. The number of nitrogens with zero attached hydrogens (tertiary/aromatic N) is 1. The Morgan fingerprint density at radius 3 is 2.55 bits per heavy atom. The van der Waals surface area contributed by atoms with E-state index in [0.29, 0.717) is 19.6 Å². The molecular formula is C14H23NO5. The molecule has 0 radical (unpaired) electrons. The maximum Gasteiger partial charge on any atom is 0.411 e. The van der Waals surface area contributed by atoms with Gasteiger partial charge in [-0.1, -0.05) is 6.08 Å². The van der Waals surface area contributed by atoms with Crippen LogP contribution in [0.5, 0.6) is 0 Å². The second-order valence-electron chi connectivity index (χ2n) is 5.65. The number of hydrogen-bond donors (Lipinski definition) is 0. The summed E-state index contributed by atoms with van der Waals surface area (Å²) < 4.78 is 15.5. The highest BCUT2D eigenvalue weighted by molar-refractivity contribution is 5.82. The van der Waals surface area contributed by atoms with Crippen molar-refractivity contribution >= 4 is 12.1 Å². The zero-order chi connectivity index (χ0) is 15.3. The summed E-state index contributed by atoms with van der Waals surface area (Å²) in [6.07, 6.45) is 1.28. The molecule has 1 saturated heterocycles. The first-order valence-corrected chi connectivity index (χ1v) is 6.58. The molecule has 1 aliphatic heterocycles. The van der Waals surface area contributed by atoms with Gasteiger partial charge in [-0.15, -0.1) is 6.58 Å². The fraction of sp³-hybridized carbons (Fsp3) is 0.714. The Balaban J connectivity index is 2.76. The molecule has 0 aromatic heterocycles. The zero-order valence-electron chi connectivity index (χ0n) is 12.5. The number of hydrogen-bond acceptors (Lipinski definition) is 5. The summed E-state index contributed by atoms with van der Waals surface area (Å²) in [6, 6.07) is -0.662. The summed E-state index contributed by atoms with van der Waals surface area (Å²) in [7, 11) is 1.30. The summed E-state index contributed by atoms with van der Waals surface area (Å²) in [5.41, 5.74) is -0.613. The number of carbonyl (C=O) groups excluding carboxylic acids is 2. The molecule has 2 unspecified atom stereocenters. The Labute approximate surface area is 119 Å². The molecule has 114 valence electrons. The van der Waals surface area contributed by atoms with E-state index in [1.165, 1.54) is 12.0 Å². The fourth-order valence-electron chi connectivity index (χ4n) is 2.00. The third-order valence-electron chi connectivity index (χ3n) is 2.81. The van der Waals surface area contributed by atoms with Crippen LogP contribution in [-0.2, 0) is 19.0 Å². The van der Waals surface area contributed by atoms with E-state index in [0.717, 1.165) is 0 Å². The van der Waals surface area contributed by atoms with Crippen LogP contribution < -0.4 is 0 Å². The Kier molecular flexibility index (Phi) is 5.56. The van der Waals surface area contributed by atoms with Crippen LogP contribution in [0, 0.1) is 0 Å². The molecule has 0 spiro atoms. The smallest absolute Gasteiger partial charge is 0.411 e. The topological polar surface area (TPSA) is 65.1 Å². The van der Waals surface area contributed by atoms with Crippen molar-refractivity contribution in [3.05, 3.63) is 12.7 Å². The van der Waals surface area contributed by atoms with Gasteiger partial charge in [-0.25, -0.2) is 9.59 Å². The van der Waals surface area contributed by atoms with Gasteiger partial charge in [0.25, 0.3) is 0 Å². The Morgan fingerprint density at radius 1 is 1.40 bits per heavy atom. The van der Waals surface area contributed by atoms with Crippen molar-refractivity contribution in [2.75, 3.05) is 20.3 Å². The number of likely N-dealkylation sites (tertiary alicyclic amines) is 1. The first-order chi connectivity index (χ1) is 9.28. The number of carbonyl (C=O) groups is 2. The van der Waals surface area contributed by atoms with Gasteiger partial charge in [-0.05, 0) is 20.8 Å². The molecule has 6 nitrogen and oxygen atoms in total. The Hall–Kier alpha value is -1.56. The third-order valence-corrected chi connectivity index (χ3v) is 2.81. The largest absolute Gasteiger partial charge is 0.467 e. The maximum atomic E-state index is 12.1. The van der Waals surface area contributed by atoms with E-state index in [1.54, 1.807) is 26.8 Å². The lowest BCUT2D eigenvalue weighted by Gasteiger charge is -2.27. The molecule has 20 heavy (non-hydrogen) atoms. The number of esters is 1. The van der Waals surface area contributed by atoms with Crippen LogP contribution in [0.2, 0.25) is 0 Å². The molecule has 0 N–H and O–H groups in total. The second-order valence-corrected chi connectivity index (χ2v) is 5.65. The minimum Gasteiger partial charge on any atom is -0.467 e. The van der Waals surface area contributed by atoms with Crippen molar-refractivity contribution in [1.82, 2.24) is 4.90 Å². The summed E-state index contributed by atoms with van der Waals surface area (Å²) >= 11 is 0. The predicted molar refractivity (Wildman–Crippen MR) is 73.3 cm³/mol. The first-order valence-electron chi connectivity index (χ1n) is 6.58. The number of methoxy groups -OCH3 is 1. The second kappa shape index (κ2) is 6.74. The summed E-state index contributed by atoms with van der Waals surface area (Å²) in [4.78, 5) is 25.3. The van der Waals surface area contributed by atoms with Crippen LogP contribution >= 0.6 is 0 Å². The third kappa shape index (κ3) is 4.52. The summed E-state index contributed by atoms with van der Waals surface area (Å²) in [5.74, 6) is -0.458. The van der Waals surface area contributed by atoms with Crippen molar-refractivity contribution in [3.63, 3.8) is 0 Å². The molecule has 2 atom stereocenters.